The van der Waals surface area contributed by atoms with E-state index in [9.17, 15) is 29.1 Å². The Balaban J connectivity index is 3.07. The molecule has 0 spiro atoms. The van der Waals surface area contributed by atoms with Crippen LogP contribution in [0, 0.1) is 0 Å². The summed E-state index contributed by atoms with van der Waals surface area (Å²) < 4.78 is 0. The number of benzene rings is 1. The van der Waals surface area contributed by atoms with Gasteiger partial charge in [0, 0.05) is 6.42 Å². The molecule has 0 saturated carbocycles. The summed E-state index contributed by atoms with van der Waals surface area (Å²) in [4.78, 5) is 60.1. The van der Waals surface area contributed by atoms with E-state index in [2.05, 4.69) is 16.0 Å². The van der Waals surface area contributed by atoms with Crippen LogP contribution in [0.15, 0.2) is 24.3 Å². The van der Waals surface area contributed by atoms with Crippen LogP contribution in [0.5, 0.6) is 5.75 Å². The predicted molar refractivity (Wildman–Crippen MR) is 124 cm³/mol. The summed E-state index contributed by atoms with van der Waals surface area (Å²) >= 11 is 1.50. The van der Waals surface area contributed by atoms with Crippen LogP contribution >= 0.6 is 11.8 Å². The normalized spacial score (nSPS) is 14.2. The topological polar surface area (TPSA) is 208 Å². The van der Waals surface area contributed by atoms with Crippen molar-refractivity contribution in [3.63, 3.8) is 0 Å². The van der Waals surface area contributed by atoms with Gasteiger partial charge in [0.05, 0.1) is 12.5 Å². The highest BCUT2D eigenvalue weighted by molar-refractivity contribution is 7.98. The number of carbonyl (C=O) groups excluding carboxylic acids is 3. The molecular formula is C21H30N4O8S. The number of nitrogens with one attached hydrogen (secondary N) is 3. The smallest absolute Gasteiger partial charge is 0.325 e. The molecule has 0 aliphatic rings. The van der Waals surface area contributed by atoms with Crippen molar-refractivity contribution < 1.29 is 39.3 Å². The molecule has 0 bridgehead atoms. The zero-order valence-electron chi connectivity index (χ0n) is 18.8. The Labute approximate surface area is 200 Å². The van der Waals surface area contributed by atoms with E-state index in [4.69, 9.17) is 15.9 Å². The molecule has 8 N–H and O–H groups in total. The van der Waals surface area contributed by atoms with Crippen molar-refractivity contribution in [3.05, 3.63) is 29.8 Å². The van der Waals surface area contributed by atoms with Gasteiger partial charge in [0.2, 0.25) is 17.7 Å². The van der Waals surface area contributed by atoms with Crippen LogP contribution in [0.25, 0.3) is 0 Å². The number of phenolic OH excluding ortho intramolecular Hbond substituents is 1. The minimum Gasteiger partial charge on any atom is -0.508 e. The summed E-state index contributed by atoms with van der Waals surface area (Å²) in [6.07, 6.45) is 1.36. The van der Waals surface area contributed by atoms with Gasteiger partial charge in [-0.1, -0.05) is 12.1 Å². The number of aliphatic carboxylic acids is 2. The molecule has 1 aromatic carbocycles. The van der Waals surface area contributed by atoms with E-state index in [0.717, 1.165) is 0 Å². The van der Waals surface area contributed by atoms with Crippen molar-refractivity contribution in [2.24, 2.45) is 5.73 Å². The van der Waals surface area contributed by atoms with E-state index in [-0.39, 0.29) is 12.2 Å². The van der Waals surface area contributed by atoms with Gasteiger partial charge in [-0.2, -0.15) is 11.8 Å². The second kappa shape index (κ2) is 14.1. The van der Waals surface area contributed by atoms with E-state index < -0.39 is 60.2 Å². The van der Waals surface area contributed by atoms with Crippen molar-refractivity contribution in [1.82, 2.24) is 16.0 Å². The molecule has 0 saturated heterocycles. The maximum atomic E-state index is 13.0. The van der Waals surface area contributed by atoms with Gasteiger partial charge in [0.25, 0.3) is 0 Å². The molecular weight excluding hydrogens is 468 g/mol. The van der Waals surface area contributed by atoms with Gasteiger partial charge in [-0.3, -0.25) is 24.0 Å². The number of hydrogen-bond donors (Lipinski definition) is 7. The van der Waals surface area contributed by atoms with Gasteiger partial charge in [0.15, 0.2) is 0 Å². The second-order valence-corrected chi connectivity index (χ2v) is 8.53. The third-order valence-electron chi connectivity index (χ3n) is 4.72. The highest BCUT2D eigenvalue weighted by Gasteiger charge is 2.30. The first-order valence-electron chi connectivity index (χ1n) is 10.3. The van der Waals surface area contributed by atoms with E-state index in [1.165, 1.54) is 43.0 Å². The molecule has 34 heavy (non-hydrogen) atoms. The number of aromatic hydroxyl groups is 1. The molecule has 4 unspecified atom stereocenters. The minimum atomic E-state index is -1.59. The fourth-order valence-corrected chi connectivity index (χ4v) is 3.25. The van der Waals surface area contributed by atoms with Gasteiger partial charge >= 0.3 is 11.9 Å². The summed E-state index contributed by atoms with van der Waals surface area (Å²) in [5.41, 5.74) is 6.44. The summed E-state index contributed by atoms with van der Waals surface area (Å²) in [6, 6.07) is 0.833. The first kappa shape index (κ1) is 28.7. The predicted octanol–water partition coefficient (Wildman–Crippen LogP) is -0.951. The third-order valence-corrected chi connectivity index (χ3v) is 5.36. The Morgan fingerprint density at radius 3 is 2.03 bits per heavy atom. The molecule has 12 nitrogen and oxygen atoms in total. The van der Waals surface area contributed by atoms with Crippen molar-refractivity contribution in [2.45, 2.75) is 50.4 Å². The molecule has 1 rings (SSSR count). The van der Waals surface area contributed by atoms with Crippen molar-refractivity contribution in [1.29, 1.82) is 0 Å². The van der Waals surface area contributed by atoms with Crippen LogP contribution < -0.4 is 21.7 Å². The van der Waals surface area contributed by atoms with Crippen LogP contribution in [0.3, 0.4) is 0 Å². The van der Waals surface area contributed by atoms with Gasteiger partial charge in [0.1, 0.15) is 23.9 Å². The number of thioether (sulfide) groups is 1. The highest BCUT2D eigenvalue weighted by Crippen LogP contribution is 2.12. The SMILES string of the molecule is CSCCC(N)C(=O)NC(Cc1ccc(O)cc1)C(=O)NC(CC(=O)O)C(=O)NC(C)C(=O)O. The Morgan fingerprint density at radius 2 is 1.50 bits per heavy atom. The van der Waals surface area contributed by atoms with Crippen molar-refractivity contribution in [2.75, 3.05) is 12.0 Å². The Kier molecular flexibility index (Phi) is 11.9. The monoisotopic (exact) mass is 498 g/mol. The molecule has 0 radical (unpaired) electrons. The molecule has 0 aromatic heterocycles. The number of carboxylic acids is 2. The average molecular weight is 499 g/mol. The fraction of sp³-hybridized carbons (Fsp3) is 0.476. The first-order valence-corrected chi connectivity index (χ1v) is 11.7. The summed E-state index contributed by atoms with van der Waals surface area (Å²) in [7, 11) is 0. The van der Waals surface area contributed by atoms with E-state index in [1.54, 1.807) is 0 Å². The van der Waals surface area contributed by atoms with Crippen molar-refractivity contribution >= 4 is 41.4 Å². The molecule has 0 aliphatic heterocycles. The van der Waals surface area contributed by atoms with Crippen LogP contribution in [0.1, 0.15) is 25.3 Å². The Morgan fingerprint density at radius 1 is 0.941 bits per heavy atom. The number of carboxylic acid groups (broad SMARTS) is 2. The van der Waals surface area contributed by atoms with Gasteiger partial charge in [-0.25, -0.2) is 0 Å². The van der Waals surface area contributed by atoms with Crippen LogP contribution in [-0.4, -0.2) is 81.2 Å². The lowest BCUT2D eigenvalue weighted by Gasteiger charge is -2.24. The zero-order valence-corrected chi connectivity index (χ0v) is 19.6. The zero-order chi connectivity index (χ0) is 25.8. The summed E-state index contributed by atoms with van der Waals surface area (Å²) in [5.74, 6) is -4.59. The number of amides is 3. The molecule has 188 valence electrons. The molecule has 1 aromatic rings. The largest absolute Gasteiger partial charge is 0.508 e. The molecule has 0 aliphatic carbocycles. The van der Waals surface area contributed by atoms with Gasteiger partial charge < -0.3 is 37.0 Å². The van der Waals surface area contributed by atoms with E-state index in [1.807, 2.05) is 6.26 Å². The van der Waals surface area contributed by atoms with Gasteiger partial charge in [-0.15, -0.1) is 0 Å². The molecule has 0 heterocycles. The van der Waals surface area contributed by atoms with Crippen LogP contribution in [0.2, 0.25) is 0 Å². The number of nitrogens with two attached hydrogens (primary N) is 1. The number of phenols is 1. The second-order valence-electron chi connectivity index (χ2n) is 7.55. The maximum absolute atomic E-state index is 13.0. The highest BCUT2D eigenvalue weighted by atomic mass is 32.2. The van der Waals surface area contributed by atoms with E-state index in [0.29, 0.717) is 17.7 Å². The first-order chi connectivity index (χ1) is 15.9. The molecule has 0 fully saturated rings. The number of carbonyl (C=O) groups is 5. The van der Waals surface area contributed by atoms with Crippen LogP contribution in [0.4, 0.5) is 0 Å². The third kappa shape index (κ3) is 10.1. The maximum Gasteiger partial charge on any atom is 0.325 e. The quantitative estimate of drug-likeness (QED) is 0.167. The molecule has 4 atom stereocenters. The lowest BCUT2D eigenvalue weighted by Crippen LogP contribution is -2.57. The molecule has 13 heteroatoms. The standard InChI is InChI=1S/C21H30N4O8S/c1-11(21(32)33)23-19(30)16(10-17(27)28)25-20(31)15(9-12-3-5-13(26)6-4-12)24-18(29)14(22)7-8-34-2/h3-6,11,14-16,26H,7-10,22H2,1-2H3,(H,23,30)(H,24,29)(H,25,31)(H,27,28)(H,32,33). The lowest BCUT2D eigenvalue weighted by molar-refractivity contribution is -0.143. The summed E-state index contributed by atoms with van der Waals surface area (Å²) in [6.45, 7) is 1.18. The average Bonchev–Trinajstić information content (AvgIpc) is 2.77. The minimum absolute atomic E-state index is 0.00128. The number of rotatable bonds is 14. The van der Waals surface area contributed by atoms with Crippen LogP contribution in [-0.2, 0) is 30.4 Å². The van der Waals surface area contributed by atoms with E-state index >= 15 is 0 Å². The fourth-order valence-electron chi connectivity index (χ4n) is 2.76. The Hall–Kier alpha value is -3.32. The Bertz CT molecular complexity index is 880. The molecule has 3 amide bonds. The summed E-state index contributed by atoms with van der Waals surface area (Å²) in [5, 5.41) is 34.5. The lowest BCUT2D eigenvalue weighted by atomic mass is 10.0. The van der Waals surface area contributed by atoms with Crippen molar-refractivity contribution in [3.8, 4) is 5.75 Å². The van der Waals surface area contributed by atoms with Gasteiger partial charge in [-0.05, 0) is 43.0 Å². The number of hydrogen-bond acceptors (Lipinski definition) is 8.